The molecule has 7 heteroatoms. The summed E-state index contributed by atoms with van der Waals surface area (Å²) in [6.07, 6.45) is 2.63. The first-order valence-corrected chi connectivity index (χ1v) is 11.6. The first kappa shape index (κ1) is 22.8. The Labute approximate surface area is 193 Å². The minimum Gasteiger partial charge on any atom is -0.480 e. The van der Waals surface area contributed by atoms with Gasteiger partial charge < -0.3 is 20.5 Å². The molecular weight excluding hydrogens is 420 g/mol. The van der Waals surface area contributed by atoms with E-state index in [0.717, 1.165) is 35.1 Å². The van der Waals surface area contributed by atoms with Gasteiger partial charge in [-0.3, -0.25) is 4.79 Å². The average Bonchev–Trinajstić information content (AvgIpc) is 3.55. The maximum atomic E-state index is 12.7. The van der Waals surface area contributed by atoms with Crippen LogP contribution in [-0.4, -0.2) is 42.3 Å². The van der Waals surface area contributed by atoms with Crippen LogP contribution in [0, 0.1) is 5.41 Å². The van der Waals surface area contributed by atoms with Crippen molar-refractivity contribution in [3.05, 3.63) is 59.7 Å². The van der Waals surface area contributed by atoms with E-state index in [1.54, 1.807) is 0 Å². The molecule has 33 heavy (non-hydrogen) atoms. The van der Waals surface area contributed by atoms with Gasteiger partial charge in [-0.05, 0) is 41.5 Å². The van der Waals surface area contributed by atoms with E-state index in [4.69, 9.17) is 4.74 Å². The number of carboxylic acids is 1. The molecule has 0 saturated heterocycles. The summed E-state index contributed by atoms with van der Waals surface area (Å²) in [6.45, 7) is 2.31. The van der Waals surface area contributed by atoms with Gasteiger partial charge in [-0.15, -0.1) is 0 Å². The maximum absolute atomic E-state index is 12.7. The van der Waals surface area contributed by atoms with E-state index in [9.17, 15) is 19.5 Å². The number of rotatable bonds is 10. The Morgan fingerprint density at radius 3 is 2.21 bits per heavy atom. The van der Waals surface area contributed by atoms with Gasteiger partial charge in [0.05, 0.1) is 5.41 Å². The van der Waals surface area contributed by atoms with Crippen molar-refractivity contribution in [1.82, 2.24) is 10.6 Å². The number of amides is 2. The van der Waals surface area contributed by atoms with Crippen LogP contribution >= 0.6 is 0 Å². The molecule has 0 aliphatic heterocycles. The van der Waals surface area contributed by atoms with E-state index >= 15 is 0 Å². The van der Waals surface area contributed by atoms with Gasteiger partial charge in [0.25, 0.3) is 0 Å². The number of hydrogen-bond donors (Lipinski definition) is 3. The van der Waals surface area contributed by atoms with E-state index in [0.29, 0.717) is 19.3 Å². The number of aliphatic carboxylic acids is 1. The number of carboxylic acid groups (broad SMARTS) is 1. The van der Waals surface area contributed by atoms with Gasteiger partial charge in [-0.2, -0.15) is 0 Å². The molecule has 7 nitrogen and oxygen atoms in total. The fourth-order valence-corrected chi connectivity index (χ4v) is 4.50. The topological polar surface area (TPSA) is 105 Å². The molecular formula is C26H30N2O5. The Morgan fingerprint density at radius 2 is 1.67 bits per heavy atom. The monoisotopic (exact) mass is 450 g/mol. The third kappa shape index (κ3) is 4.87. The highest BCUT2D eigenvalue weighted by Crippen LogP contribution is 2.46. The van der Waals surface area contributed by atoms with Crippen molar-refractivity contribution in [2.75, 3.05) is 13.2 Å². The van der Waals surface area contributed by atoms with Crippen LogP contribution in [0.5, 0.6) is 0 Å². The molecule has 0 aromatic heterocycles. The van der Waals surface area contributed by atoms with Crippen molar-refractivity contribution in [1.29, 1.82) is 0 Å². The lowest BCUT2D eigenvalue weighted by Gasteiger charge is -2.20. The van der Waals surface area contributed by atoms with Crippen LogP contribution in [0.1, 0.15) is 56.1 Å². The Balaban J connectivity index is 1.31. The predicted octanol–water partition coefficient (Wildman–Crippen LogP) is 4.06. The standard InChI is InChI=1S/C26H30N2O5/c1-2-3-12-22(23(29)30)28-24(31)26(13-14-26)16-27-25(32)33-15-21-19-10-6-4-8-17(19)18-9-5-7-11-20(18)21/h4-11,21-22H,2-3,12-16H2,1H3,(H,27,32)(H,28,31)(H,29,30). The molecule has 174 valence electrons. The summed E-state index contributed by atoms with van der Waals surface area (Å²) < 4.78 is 5.54. The van der Waals surface area contributed by atoms with Gasteiger partial charge in [0.1, 0.15) is 12.6 Å². The fourth-order valence-electron chi connectivity index (χ4n) is 4.50. The number of hydrogen-bond acceptors (Lipinski definition) is 4. The number of fused-ring (bicyclic) bond motifs is 3. The van der Waals surface area contributed by atoms with E-state index < -0.39 is 23.5 Å². The summed E-state index contributed by atoms with van der Waals surface area (Å²) in [4.78, 5) is 36.6. The number of carbonyl (C=O) groups is 3. The number of nitrogens with one attached hydrogen (secondary N) is 2. The molecule has 1 atom stereocenters. The number of alkyl carbamates (subject to hydrolysis) is 1. The second-order valence-electron chi connectivity index (χ2n) is 8.97. The maximum Gasteiger partial charge on any atom is 0.407 e. The minimum atomic E-state index is -1.03. The van der Waals surface area contributed by atoms with Crippen LogP contribution in [0.25, 0.3) is 11.1 Å². The molecule has 2 aromatic rings. The van der Waals surface area contributed by atoms with Crippen molar-refractivity contribution < 1.29 is 24.2 Å². The predicted molar refractivity (Wildman–Crippen MR) is 124 cm³/mol. The third-order valence-corrected chi connectivity index (χ3v) is 6.70. The first-order valence-electron chi connectivity index (χ1n) is 11.6. The van der Waals surface area contributed by atoms with Crippen molar-refractivity contribution in [2.24, 2.45) is 5.41 Å². The Morgan fingerprint density at radius 1 is 1.06 bits per heavy atom. The smallest absolute Gasteiger partial charge is 0.407 e. The van der Waals surface area contributed by atoms with E-state index in [2.05, 4.69) is 34.9 Å². The van der Waals surface area contributed by atoms with Gasteiger partial charge in [0, 0.05) is 12.5 Å². The zero-order valence-electron chi connectivity index (χ0n) is 18.8. The quantitative estimate of drug-likeness (QED) is 0.506. The molecule has 2 aliphatic rings. The summed E-state index contributed by atoms with van der Waals surface area (Å²) in [5, 5.41) is 14.7. The van der Waals surface area contributed by atoms with Gasteiger partial charge in [-0.1, -0.05) is 68.3 Å². The van der Waals surface area contributed by atoms with Crippen molar-refractivity contribution >= 4 is 18.0 Å². The van der Waals surface area contributed by atoms with E-state index in [1.807, 2.05) is 31.2 Å². The Kier molecular flexibility index (Phi) is 6.67. The largest absolute Gasteiger partial charge is 0.480 e. The highest BCUT2D eigenvalue weighted by molar-refractivity contribution is 5.90. The summed E-state index contributed by atoms with van der Waals surface area (Å²) in [5.74, 6) is -1.38. The Bertz CT molecular complexity index is 1000. The van der Waals surface area contributed by atoms with E-state index in [-0.39, 0.29) is 25.0 Å². The minimum absolute atomic E-state index is 0.0313. The fraction of sp³-hybridized carbons (Fsp3) is 0.423. The summed E-state index contributed by atoms with van der Waals surface area (Å²) in [5.41, 5.74) is 3.84. The molecule has 0 bridgehead atoms. The normalized spacial score (nSPS) is 16.3. The lowest BCUT2D eigenvalue weighted by molar-refractivity contribution is -0.143. The second kappa shape index (κ2) is 9.65. The SMILES string of the molecule is CCCCC(NC(=O)C1(CNC(=O)OCC2c3ccccc3-c3ccccc32)CC1)C(=O)O. The number of ether oxygens (including phenoxy) is 1. The zero-order valence-corrected chi connectivity index (χ0v) is 18.8. The summed E-state index contributed by atoms with van der Waals surface area (Å²) >= 11 is 0. The lowest BCUT2D eigenvalue weighted by Crippen LogP contribution is -2.47. The molecule has 0 radical (unpaired) electrons. The average molecular weight is 451 g/mol. The zero-order chi connectivity index (χ0) is 23.4. The molecule has 0 heterocycles. The van der Waals surface area contributed by atoms with Crippen LogP contribution < -0.4 is 10.6 Å². The van der Waals surface area contributed by atoms with Crippen LogP contribution in [0.4, 0.5) is 4.79 Å². The molecule has 1 saturated carbocycles. The second-order valence-corrected chi connectivity index (χ2v) is 8.97. The molecule has 1 unspecified atom stereocenters. The van der Waals surface area contributed by atoms with Crippen LogP contribution in [-0.2, 0) is 14.3 Å². The molecule has 2 aliphatic carbocycles. The van der Waals surface area contributed by atoms with Crippen LogP contribution in [0.15, 0.2) is 48.5 Å². The van der Waals surface area contributed by atoms with Crippen molar-refractivity contribution in [3.63, 3.8) is 0 Å². The third-order valence-electron chi connectivity index (χ3n) is 6.70. The molecule has 3 N–H and O–H groups in total. The van der Waals surface area contributed by atoms with Gasteiger partial charge in [-0.25, -0.2) is 9.59 Å². The van der Waals surface area contributed by atoms with Gasteiger partial charge in [0.2, 0.25) is 5.91 Å². The molecule has 1 fully saturated rings. The highest BCUT2D eigenvalue weighted by atomic mass is 16.5. The highest BCUT2D eigenvalue weighted by Gasteiger charge is 2.50. The van der Waals surface area contributed by atoms with Crippen molar-refractivity contribution in [3.8, 4) is 11.1 Å². The van der Waals surface area contributed by atoms with Crippen LogP contribution in [0.2, 0.25) is 0 Å². The van der Waals surface area contributed by atoms with Gasteiger partial charge in [0.15, 0.2) is 0 Å². The molecule has 4 rings (SSSR count). The number of unbranched alkanes of at least 4 members (excludes halogenated alkanes) is 1. The van der Waals surface area contributed by atoms with Crippen molar-refractivity contribution in [2.45, 2.75) is 51.0 Å². The first-order chi connectivity index (χ1) is 15.9. The molecule has 2 amide bonds. The van der Waals surface area contributed by atoms with Gasteiger partial charge >= 0.3 is 12.1 Å². The number of benzene rings is 2. The van der Waals surface area contributed by atoms with Crippen LogP contribution in [0.3, 0.4) is 0 Å². The lowest BCUT2D eigenvalue weighted by atomic mass is 9.98. The Hall–Kier alpha value is -3.35. The summed E-state index contributed by atoms with van der Waals surface area (Å²) in [6, 6.07) is 15.3. The molecule has 0 spiro atoms. The summed E-state index contributed by atoms with van der Waals surface area (Å²) in [7, 11) is 0. The number of carbonyl (C=O) groups excluding carboxylic acids is 2. The molecule has 2 aromatic carbocycles. The van der Waals surface area contributed by atoms with E-state index in [1.165, 1.54) is 0 Å².